The van der Waals surface area contributed by atoms with Gasteiger partial charge in [0.2, 0.25) is 0 Å². The lowest BCUT2D eigenvalue weighted by molar-refractivity contribution is 0.370. The summed E-state index contributed by atoms with van der Waals surface area (Å²) in [4.78, 5) is 0. The highest BCUT2D eigenvalue weighted by molar-refractivity contribution is 5.53. The third-order valence-corrected chi connectivity index (χ3v) is 1.61. The van der Waals surface area contributed by atoms with Crippen molar-refractivity contribution >= 4 is 6.21 Å². The van der Waals surface area contributed by atoms with E-state index in [4.69, 9.17) is 5.41 Å². The van der Waals surface area contributed by atoms with Gasteiger partial charge in [0.05, 0.1) is 0 Å². The van der Waals surface area contributed by atoms with Crippen LogP contribution in [0.3, 0.4) is 0 Å². The Bertz CT molecular complexity index is 74.5. The smallest absolute Gasteiger partial charge is 0.00424 e. The summed E-state index contributed by atoms with van der Waals surface area (Å²) in [5.74, 6) is 0. The second-order valence-electron chi connectivity index (χ2n) is 2.93. The largest absolute Gasteiger partial charge is 0.313 e. The molecule has 0 rings (SSSR count). The fourth-order valence-corrected chi connectivity index (χ4v) is 0.421. The van der Waals surface area contributed by atoms with Gasteiger partial charge in [-0.15, -0.1) is 0 Å². The molecular weight excluding hydrogens is 98.1 g/mol. The Morgan fingerprint density at radius 3 is 2.12 bits per heavy atom. The minimum atomic E-state index is 0.349. The SMILES string of the molecule is CCC(C)(C)CC=N. The second-order valence-corrected chi connectivity index (χ2v) is 2.93. The van der Waals surface area contributed by atoms with Crippen molar-refractivity contribution in [3.63, 3.8) is 0 Å². The van der Waals surface area contributed by atoms with Crippen molar-refractivity contribution in [2.45, 2.75) is 33.6 Å². The van der Waals surface area contributed by atoms with Crippen LogP contribution in [0.4, 0.5) is 0 Å². The maximum absolute atomic E-state index is 6.84. The first kappa shape index (κ1) is 7.67. The highest BCUT2D eigenvalue weighted by atomic mass is 14.3. The van der Waals surface area contributed by atoms with Crippen LogP contribution < -0.4 is 0 Å². The van der Waals surface area contributed by atoms with Gasteiger partial charge in [0, 0.05) is 0 Å². The van der Waals surface area contributed by atoms with Gasteiger partial charge in [0.1, 0.15) is 0 Å². The monoisotopic (exact) mass is 113 g/mol. The van der Waals surface area contributed by atoms with Crippen LogP contribution in [0.1, 0.15) is 33.6 Å². The van der Waals surface area contributed by atoms with Crippen molar-refractivity contribution < 1.29 is 0 Å². The first-order valence-electron chi connectivity index (χ1n) is 3.11. The van der Waals surface area contributed by atoms with Crippen LogP contribution in [0.2, 0.25) is 0 Å². The number of rotatable bonds is 3. The molecule has 0 saturated carbocycles. The van der Waals surface area contributed by atoms with Gasteiger partial charge >= 0.3 is 0 Å². The van der Waals surface area contributed by atoms with Crippen LogP contribution >= 0.6 is 0 Å². The van der Waals surface area contributed by atoms with Crippen LogP contribution in [0.5, 0.6) is 0 Å². The zero-order valence-corrected chi connectivity index (χ0v) is 5.99. The molecule has 0 aliphatic rings. The molecule has 0 heterocycles. The molecule has 0 aromatic carbocycles. The minimum Gasteiger partial charge on any atom is -0.313 e. The summed E-state index contributed by atoms with van der Waals surface area (Å²) in [7, 11) is 0. The molecule has 0 unspecified atom stereocenters. The van der Waals surface area contributed by atoms with Gasteiger partial charge in [-0.25, -0.2) is 0 Å². The zero-order chi connectivity index (χ0) is 6.62. The highest BCUT2D eigenvalue weighted by Gasteiger charge is 2.11. The zero-order valence-electron chi connectivity index (χ0n) is 5.99. The molecule has 0 spiro atoms. The number of hydrogen-bond donors (Lipinski definition) is 1. The molecule has 0 bridgehead atoms. The van der Waals surface area contributed by atoms with Crippen molar-refractivity contribution in [2.75, 3.05) is 0 Å². The summed E-state index contributed by atoms with van der Waals surface area (Å²) in [5, 5.41) is 6.84. The van der Waals surface area contributed by atoms with E-state index in [0.29, 0.717) is 5.41 Å². The van der Waals surface area contributed by atoms with Crippen molar-refractivity contribution in [3.05, 3.63) is 0 Å². The van der Waals surface area contributed by atoms with Gasteiger partial charge in [-0.05, 0) is 18.1 Å². The third kappa shape index (κ3) is 2.78. The van der Waals surface area contributed by atoms with Crippen molar-refractivity contribution in [1.82, 2.24) is 0 Å². The molecule has 1 N–H and O–H groups in total. The first-order chi connectivity index (χ1) is 3.62. The fraction of sp³-hybridized carbons (Fsp3) is 0.857. The van der Waals surface area contributed by atoms with Gasteiger partial charge in [-0.2, -0.15) is 0 Å². The molecule has 0 fully saturated rings. The van der Waals surface area contributed by atoms with Gasteiger partial charge in [-0.3, -0.25) is 0 Å². The van der Waals surface area contributed by atoms with E-state index >= 15 is 0 Å². The van der Waals surface area contributed by atoms with E-state index in [1.807, 2.05) is 0 Å². The maximum Gasteiger partial charge on any atom is -0.00424 e. The highest BCUT2D eigenvalue weighted by Crippen LogP contribution is 2.22. The Labute approximate surface area is 51.6 Å². The molecular formula is C7H15N. The van der Waals surface area contributed by atoms with Gasteiger partial charge < -0.3 is 5.41 Å². The molecule has 0 aliphatic heterocycles. The summed E-state index contributed by atoms with van der Waals surface area (Å²) in [6, 6.07) is 0. The van der Waals surface area contributed by atoms with Crippen LogP contribution in [-0.4, -0.2) is 6.21 Å². The third-order valence-electron chi connectivity index (χ3n) is 1.61. The normalized spacial score (nSPS) is 11.4. The molecule has 1 nitrogen and oxygen atoms in total. The lowest BCUT2D eigenvalue weighted by Gasteiger charge is -2.18. The summed E-state index contributed by atoms with van der Waals surface area (Å²) < 4.78 is 0. The standard InChI is InChI=1S/C7H15N/c1-4-7(2,3)5-6-8/h6,8H,4-5H2,1-3H3. The Kier molecular flexibility index (Phi) is 2.74. The Hall–Kier alpha value is -0.330. The van der Waals surface area contributed by atoms with Crippen LogP contribution in [0, 0.1) is 10.8 Å². The van der Waals surface area contributed by atoms with E-state index in [-0.39, 0.29) is 0 Å². The summed E-state index contributed by atoms with van der Waals surface area (Å²) >= 11 is 0. The summed E-state index contributed by atoms with van der Waals surface area (Å²) in [5.41, 5.74) is 0.349. The van der Waals surface area contributed by atoms with Gasteiger partial charge in [0.15, 0.2) is 0 Å². The second kappa shape index (κ2) is 2.85. The van der Waals surface area contributed by atoms with Crippen LogP contribution in [-0.2, 0) is 0 Å². The van der Waals surface area contributed by atoms with E-state index in [1.54, 1.807) is 0 Å². The van der Waals surface area contributed by atoms with Crippen molar-refractivity contribution in [1.29, 1.82) is 5.41 Å². The number of hydrogen-bond acceptors (Lipinski definition) is 1. The predicted octanol–water partition coefficient (Wildman–Crippen LogP) is 2.46. The lowest BCUT2D eigenvalue weighted by Crippen LogP contribution is -2.08. The lowest BCUT2D eigenvalue weighted by atomic mass is 9.87. The molecule has 0 radical (unpaired) electrons. The molecule has 1 heteroatoms. The van der Waals surface area contributed by atoms with Crippen LogP contribution in [0.15, 0.2) is 0 Å². The van der Waals surface area contributed by atoms with Crippen molar-refractivity contribution in [3.8, 4) is 0 Å². The minimum absolute atomic E-state index is 0.349. The van der Waals surface area contributed by atoms with E-state index in [9.17, 15) is 0 Å². The molecule has 0 aliphatic carbocycles. The van der Waals surface area contributed by atoms with Crippen molar-refractivity contribution in [2.24, 2.45) is 5.41 Å². The quantitative estimate of drug-likeness (QED) is 0.544. The Morgan fingerprint density at radius 2 is 2.00 bits per heavy atom. The van der Waals surface area contributed by atoms with E-state index in [1.165, 1.54) is 6.21 Å². The molecule has 0 saturated heterocycles. The van der Waals surface area contributed by atoms with E-state index in [0.717, 1.165) is 12.8 Å². The fourth-order valence-electron chi connectivity index (χ4n) is 0.421. The maximum atomic E-state index is 6.84. The first-order valence-corrected chi connectivity index (χ1v) is 3.11. The number of nitrogens with one attached hydrogen (secondary N) is 1. The van der Waals surface area contributed by atoms with E-state index in [2.05, 4.69) is 20.8 Å². The molecule has 48 valence electrons. The average molecular weight is 113 g/mol. The summed E-state index contributed by atoms with van der Waals surface area (Å²) in [6.45, 7) is 6.51. The predicted molar refractivity (Wildman–Crippen MR) is 37.5 cm³/mol. The molecule has 0 aromatic rings. The molecule has 0 aromatic heterocycles. The van der Waals surface area contributed by atoms with Gasteiger partial charge in [0.25, 0.3) is 0 Å². The molecule has 0 atom stereocenters. The molecule has 8 heavy (non-hydrogen) atoms. The summed E-state index contributed by atoms with van der Waals surface area (Å²) in [6.07, 6.45) is 3.55. The Morgan fingerprint density at radius 1 is 1.50 bits per heavy atom. The molecule has 0 amide bonds. The van der Waals surface area contributed by atoms with E-state index < -0.39 is 0 Å². The average Bonchev–Trinajstić information content (AvgIpc) is 1.67. The van der Waals surface area contributed by atoms with Gasteiger partial charge in [-0.1, -0.05) is 27.2 Å². The topological polar surface area (TPSA) is 23.9 Å². The Balaban J connectivity index is 3.53. The van der Waals surface area contributed by atoms with Crippen LogP contribution in [0.25, 0.3) is 0 Å².